The van der Waals surface area contributed by atoms with Crippen LogP contribution in [0.3, 0.4) is 0 Å². The van der Waals surface area contributed by atoms with E-state index in [0.29, 0.717) is 6.42 Å². The standard InChI is InChI=1S/C16H21NO4/c1-11(2)15(19)17-10-14(18)9-13(16(20)21)8-12-6-4-3-5-7-12/h3-7,11,13H,8-10H2,1-2H3,(H,17,19)(H,20,21). The largest absolute Gasteiger partial charge is 0.481 e. The van der Waals surface area contributed by atoms with E-state index >= 15 is 0 Å². The van der Waals surface area contributed by atoms with E-state index in [-0.39, 0.29) is 30.6 Å². The van der Waals surface area contributed by atoms with Gasteiger partial charge in [-0.15, -0.1) is 0 Å². The number of carboxylic acids is 1. The first-order valence-corrected chi connectivity index (χ1v) is 6.96. The lowest BCUT2D eigenvalue weighted by Crippen LogP contribution is -2.34. The van der Waals surface area contributed by atoms with Gasteiger partial charge in [0.15, 0.2) is 5.78 Å². The molecule has 0 spiro atoms. The van der Waals surface area contributed by atoms with Crippen LogP contribution < -0.4 is 5.32 Å². The Morgan fingerprint density at radius 3 is 2.29 bits per heavy atom. The van der Waals surface area contributed by atoms with E-state index in [0.717, 1.165) is 5.56 Å². The van der Waals surface area contributed by atoms with Gasteiger partial charge in [-0.3, -0.25) is 14.4 Å². The molecule has 1 atom stereocenters. The Balaban J connectivity index is 2.53. The second-order valence-electron chi connectivity index (χ2n) is 5.34. The summed E-state index contributed by atoms with van der Waals surface area (Å²) >= 11 is 0. The van der Waals surface area contributed by atoms with Gasteiger partial charge in [0.05, 0.1) is 12.5 Å². The highest BCUT2D eigenvalue weighted by atomic mass is 16.4. The molecule has 0 fully saturated rings. The third kappa shape index (κ3) is 6.21. The minimum Gasteiger partial charge on any atom is -0.481 e. The van der Waals surface area contributed by atoms with Crippen LogP contribution in [0.25, 0.3) is 0 Å². The lowest BCUT2D eigenvalue weighted by atomic mass is 9.94. The topological polar surface area (TPSA) is 83.5 Å². The van der Waals surface area contributed by atoms with Gasteiger partial charge in [0, 0.05) is 12.3 Å². The Labute approximate surface area is 124 Å². The fraction of sp³-hybridized carbons (Fsp3) is 0.438. The van der Waals surface area contributed by atoms with Crippen molar-refractivity contribution in [1.29, 1.82) is 0 Å². The molecule has 0 heterocycles. The number of hydrogen-bond donors (Lipinski definition) is 2. The number of benzene rings is 1. The van der Waals surface area contributed by atoms with E-state index in [1.165, 1.54) is 0 Å². The highest BCUT2D eigenvalue weighted by Gasteiger charge is 2.22. The van der Waals surface area contributed by atoms with Crippen LogP contribution in [0.1, 0.15) is 25.8 Å². The Kier molecular flexibility index (Phi) is 6.59. The summed E-state index contributed by atoms with van der Waals surface area (Å²) in [5, 5.41) is 11.7. The number of Topliss-reactive ketones (excluding diaryl/α,β-unsaturated/α-hetero) is 1. The maximum Gasteiger partial charge on any atom is 0.307 e. The lowest BCUT2D eigenvalue weighted by molar-refractivity contribution is -0.143. The molecule has 0 aromatic heterocycles. The predicted molar refractivity (Wildman–Crippen MR) is 78.7 cm³/mol. The van der Waals surface area contributed by atoms with Crippen molar-refractivity contribution in [3.63, 3.8) is 0 Å². The van der Waals surface area contributed by atoms with Crippen molar-refractivity contribution in [2.24, 2.45) is 11.8 Å². The van der Waals surface area contributed by atoms with E-state index in [2.05, 4.69) is 5.32 Å². The van der Waals surface area contributed by atoms with Gasteiger partial charge < -0.3 is 10.4 Å². The van der Waals surface area contributed by atoms with Crippen LogP contribution in [0.5, 0.6) is 0 Å². The first kappa shape index (κ1) is 16.9. The summed E-state index contributed by atoms with van der Waals surface area (Å²) in [6.07, 6.45) is 0.225. The van der Waals surface area contributed by atoms with E-state index in [9.17, 15) is 19.5 Å². The molecule has 1 amide bonds. The third-order valence-corrected chi connectivity index (χ3v) is 3.13. The van der Waals surface area contributed by atoms with Crippen LogP contribution in [0.15, 0.2) is 30.3 Å². The summed E-state index contributed by atoms with van der Waals surface area (Å²) in [6.45, 7) is 3.35. The summed E-state index contributed by atoms with van der Waals surface area (Å²) < 4.78 is 0. The van der Waals surface area contributed by atoms with E-state index in [1.54, 1.807) is 13.8 Å². The molecule has 5 nitrogen and oxygen atoms in total. The van der Waals surface area contributed by atoms with Crippen LogP contribution in [-0.4, -0.2) is 29.3 Å². The summed E-state index contributed by atoms with van der Waals surface area (Å²) in [5.41, 5.74) is 0.879. The maximum absolute atomic E-state index is 11.8. The lowest BCUT2D eigenvalue weighted by Gasteiger charge is -2.12. The van der Waals surface area contributed by atoms with Crippen LogP contribution in [0.4, 0.5) is 0 Å². The molecule has 0 aliphatic carbocycles. The first-order chi connectivity index (χ1) is 9.90. The number of aliphatic carboxylic acids is 1. The average molecular weight is 291 g/mol. The highest BCUT2D eigenvalue weighted by molar-refractivity contribution is 5.89. The van der Waals surface area contributed by atoms with Gasteiger partial charge in [-0.1, -0.05) is 44.2 Å². The van der Waals surface area contributed by atoms with Crippen molar-refractivity contribution >= 4 is 17.7 Å². The number of amides is 1. The first-order valence-electron chi connectivity index (χ1n) is 6.96. The van der Waals surface area contributed by atoms with Crippen LogP contribution >= 0.6 is 0 Å². The molecular formula is C16H21NO4. The van der Waals surface area contributed by atoms with Gasteiger partial charge in [0.25, 0.3) is 0 Å². The van der Waals surface area contributed by atoms with Crippen molar-refractivity contribution in [3.8, 4) is 0 Å². The Hall–Kier alpha value is -2.17. The molecular weight excluding hydrogens is 270 g/mol. The molecule has 0 aliphatic heterocycles. The number of hydrogen-bond acceptors (Lipinski definition) is 3. The van der Waals surface area contributed by atoms with Gasteiger partial charge in [-0.25, -0.2) is 0 Å². The van der Waals surface area contributed by atoms with E-state index < -0.39 is 11.9 Å². The molecule has 1 rings (SSSR count). The normalized spacial score (nSPS) is 12.0. The molecule has 1 aromatic carbocycles. The number of carboxylic acid groups (broad SMARTS) is 1. The van der Waals surface area contributed by atoms with Gasteiger partial charge in [0.2, 0.25) is 5.91 Å². The number of nitrogens with one attached hydrogen (secondary N) is 1. The minimum absolute atomic E-state index is 0.0808. The van der Waals surface area contributed by atoms with Crippen molar-refractivity contribution < 1.29 is 19.5 Å². The predicted octanol–water partition coefficient (Wildman–Crippen LogP) is 1.66. The smallest absolute Gasteiger partial charge is 0.307 e. The monoisotopic (exact) mass is 291 g/mol. The van der Waals surface area contributed by atoms with Crippen molar-refractivity contribution in [2.45, 2.75) is 26.7 Å². The zero-order chi connectivity index (χ0) is 15.8. The molecule has 0 bridgehead atoms. The molecule has 0 radical (unpaired) electrons. The zero-order valence-corrected chi connectivity index (χ0v) is 12.3. The van der Waals surface area contributed by atoms with Crippen molar-refractivity contribution in [2.75, 3.05) is 6.54 Å². The Morgan fingerprint density at radius 2 is 1.76 bits per heavy atom. The number of ketones is 1. The second-order valence-corrected chi connectivity index (χ2v) is 5.34. The van der Waals surface area contributed by atoms with Crippen molar-refractivity contribution in [1.82, 2.24) is 5.32 Å². The summed E-state index contributed by atoms with van der Waals surface area (Å²) in [4.78, 5) is 34.4. The summed E-state index contributed by atoms with van der Waals surface area (Å²) in [5.74, 6) is -2.44. The van der Waals surface area contributed by atoms with Crippen LogP contribution in [-0.2, 0) is 20.8 Å². The molecule has 0 aliphatic rings. The summed E-state index contributed by atoms with van der Waals surface area (Å²) in [7, 11) is 0. The van der Waals surface area contributed by atoms with Crippen LogP contribution in [0, 0.1) is 11.8 Å². The van der Waals surface area contributed by atoms with Crippen LogP contribution in [0.2, 0.25) is 0 Å². The molecule has 2 N–H and O–H groups in total. The average Bonchev–Trinajstić information content (AvgIpc) is 2.44. The maximum atomic E-state index is 11.8. The molecule has 5 heteroatoms. The molecule has 0 saturated heterocycles. The molecule has 0 saturated carbocycles. The zero-order valence-electron chi connectivity index (χ0n) is 12.3. The molecule has 114 valence electrons. The van der Waals surface area contributed by atoms with E-state index in [1.807, 2.05) is 30.3 Å². The van der Waals surface area contributed by atoms with Crippen molar-refractivity contribution in [3.05, 3.63) is 35.9 Å². The van der Waals surface area contributed by atoms with Gasteiger partial charge >= 0.3 is 5.97 Å². The summed E-state index contributed by atoms with van der Waals surface area (Å²) in [6, 6.07) is 9.19. The number of carbonyl (C=O) groups is 3. The Morgan fingerprint density at radius 1 is 1.14 bits per heavy atom. The Bertz CT molecular complexity index is 496. The van der Waals surface area contributed by atoms with Gasteiger partial charge in [-0.2, -0.15) is 0 Å². The number of rotatable bonds is 8. The van der Waals surface area contributed by atoms with Gasteiger partial charge in [-0.05, 0) is 12.0 Å². The fourth-order valence-corrected chi connectivity index (χ4v) is 1.88. The quantitative estimate of drug-likeness (QED) is 0.763. The molecule has 1 unspecified atom stereocenters. The third-order valence-electron chi connectivity index (χ3n) is 3.13. The molecule has 1 aromatic rings. The fourth-order valence-electron chi connectivity index (χ4n) is 1.88. The number of carbonyl (C=O) groups excluding carboxylic acids is 2. The van der Waals surface area contributed by atoms with Gasteiger partial charge in [0.1, 0.15) is 0 Å². The SMILES string of the molecule is CC(C)C(=O)NCC(=O)CC(Cc1ccccc1)C(=O)O. The minimum atomic E-state index is -0.998. The second kappa shape index (κ2) is 8.19. The molecule has 21 heavy (non-hydrogen) atoms. The van der Waals surface area contributed by atoms with E-state index in [4.69, 9.17) is 0 Å². The highest BCUT2D eigenvalue weighted by Crippen LogP contribution is 2.13.